The van der Waals surface area contributed by atoms with Crippen molar-refractivity contribution in [2.24, 2.45) is 5.92 Å². The molecule has 6 heteroatoms. The number of nitrogens with one attached hydrogen (secondary N) is 1. The predicted molar refractivity (Wildman–Crippen MR) is 101 cm³/mol. The molecule has 2 aliphatic heterocycles. The Bertz CT molecular complexity index is 550. The number of urea groups is 1. The summed E-state index contributed by atoms with van der Waals surface area (Å²) in [6.45, 7) is 7.84. The lowest BCUT2D eigenvalue weighted by molar-refractivity contribution is 0.0258. The fourth-order valence-corrected chi connectivity index (χ4v) is 3.68. The molecule has 0 atom stereocenters. The Morgan fingerprint density at radius 3 is 2.42 bits per heavy atom. The van der Waals surface area contributed by atoms with E-state index in [1.165, 1.54) is 0 Å². The van der Waals surface area contributed by atoms with E-state index in [1.807, 2.05) is 29.2 Å². The lowest BCUT2D eigenvalue weighted by Crippen LogP contribution is -2.47. The number of piperidine rings is 1. The van der Waals surface area contributed by atoms with Crippen LogP contribution in [0.3, 0.4) is 0 Å². The van der Waals surface area contributed by atoms with Gasteiger partial charge in [-0.25, -0.2) is 4.79 Å². The number of hydrogen-bond donors (Lipinski definition) is 1. The second kappa shape index (κ2) is 9.90. The zero-order valence-electron chi connectivity index (χ0n) is 15.8. The summed E-state index contributed by atoms with van der Waals surface area (Å²) in [5, 5.41) is 3.05. The molecule has 0 saturated carbocycles. The van der Waals surface area contributed by atoms with Gasteiger partial charge < -0.3 is 19.7 Å². The van der Waals surface area contributed by atoms with E-state index in [4.69, 9.17) is 9.47 Å². The Hall–Kier alpha value is -1.63. The van der Waals surface area contributed by atoms with Crippen molar-refractivity contribution >= 4 is 6.03 Å². The van der Waals surface area contributed by atoms with Crippen molar-refractivity contribution in [2.45, 2.75) is 26.0 Å². The summed E-state index contributed by atoms with van der Waals surface area (Å²) in [5.74, 6) is 0.700. The summed E-state index contributed by atoms with van der Waals surface area (Å²) < 4.78 is 10.5. The minimum Gasteiger partial charge on any atom is -0.380 e. The van der Waals surface area contributed by atoms with Crippen LogP contribution < -0.4 is 5.32 Å². The third kappa shape index (κ3) is 5.69. The molecule has 1 aromatic carbocycles. The van der Waals surface area contributed by atoms with Crippen LogP contribution >= 0.6 is 0 Å². The highest BCUT2D eigenvalue weighted by Gasteiger charge is 2.24. The van der Waals surface area contributed by atoms with Gasteiger partial charge in [0.25, 0.3) is 0 Å². The quantitative estimate of drug-likeness (QED) is 0.843. The molecule has 144 valence electrons. The lowest BCUT2D eigenvalue weighted by Gasteiger charge is -2.36. The van der Waals surface area contributed by atoms with Crippen LogP contribution in [-0.2, 0) is 22.6 Å². The maximum atomic E-state index is 12.4. The van der Waals surface area contributed by atoms with Crippen LogP contribution in [0, 0.1) is 5.92 Å². The molecule has 0 radical (unpaired) electrons. The summed E-state index contributed by atoms with van der Waals surface area (Å²) in [5.41, 5.74) is 2.25. The van der Waals surface area contributed by atoms with Crippen molar-refractivity contribution < 1.29 is 14.3 Å². The first-order valence-corrected chi connectivity index (χ1v) is 9.64. The number of hydrogen-bond acceptors (Lipinski definition) is 4. The van der Waals surface area contributed by atoms with Crippen LogP contribution in [0.2, 0.25) is 0 Å². The first-order chi connectivity index (χ1) is 12.7. The monoisotopic (exact) mass is 361 g/mol. The lowest BCUT2D eigenvalue weighted by atomic mass is 9.96. The highest BCUT2D eigenvalue weighted by atomic mass is 16.5. The third-order valence-electron chi connectivity index (χ3n) is 5.30. The van der Waals surface area contributed by atoms with E-state index in [-0.39, 0.29) is 6.03 Å². The van der Waals surface area contributed by atoms with Gasteiger partial charge in [0.2, 0.25) is 0 Å². The SMILES string of the molecule is COCc1ccc(CNC(=O)N2CCC(CN3CCOCC3)CC2)cc1. The molecule has 0 spiro atoms. The van der Waals surface area contributed by atoms with Crippen LogP contribution in [-0.4, -0.2) is 68.9 Å². The molecule has 6 nitrogen and oxygen atoms in total. The van der Waals surface area contributed by atoms with Crippen LogP contribution in [0.25, 0.3) is 0 Å². The molecular formula is C20H31N3O3. The van der Waals surface area contributed by atoms with Crippen molar-refractivity contribution in [3.05, 3.63) is 35.4 Å². The Balaban J connectivity index is 1.36. The molecule has 2 fully saturated rings. The topological polar surface area (TPSA) is 54.0 Å². The summed E-state index contributed by atoms with van der Waals surface area (Å²) in [7, 11) is 1.69. The summed E-state index contributed by atoms with van der Waals surface area (Å²) >= 11 is 0. The Morgan fingerprint density at radius 2 is 1.77 bits per heavy atom. The van der Waals surface area contributed by atoms with Gasteiger partial charge in [0.05, 0.1) is 19.8 Å². The van der Waals surface area contributed by atoms with Gasteiger partial charge in [-0.15, -0.1) is 0 Å². The van der Waals surface area contributed by atoms with E-state index in [0.717, 1.165) is 69.9 Å². The number of carbonyl (C=O) groups is 1. The average Bonchev–Trinajstić information content (AvgIpc) is 2.69. The number of methoxy groups -OCH3 is 1. The Kier molecular flexibility index (Phi) is 7.29. The van der Waals surface area contributed by atoms with Gasteiger partial charge in [-0.3, -0.25) is 4.90 Å². The second-order valence-corrected chi connectivity index (χ2v) is 7.25. The van der Waals surface area contributed by atoms with Crippen molar-refractivity contribution in [1.82, 2.24) is 15.1 Å². The number of amides is 2. The number of morpholine rings is 1. The van der Waals surface area contributed by atoms with Crippen molar-refractivity contribution in [3.8, 4) is 0 Å². The third-order valence-corrected chi connectivity index (χ3v) is 5.30. The fourth-order valence-electron chi connectivity index (χ4n) is 3.68. The number of rotatable bonds is 6. The van der Waals surface area contributed by atoms with Gasteiger partial charge in [-0.1, -0.05) is 24.3 Å². The molecule has 0 bridgehead atoms. The first-order valence-electron chi connectivity index (χ1n) is 9.64. The molecule has 26 heavy (non-hydrogen) atoms. The van der Waals surface area contributed by atoms with Crippen LogP contribution in [0.1, 0.15) is 24.0 Å². The summed E-state index contributed by atoms with van der Waals surface area (Å²) in [4.78, 5) is 16.9. The van der Waals surface area contributed by atoms with Crippen LogP contribution in [0.15, 0.2) is 24.3 Å². The summed E-state index contributed by atoms with van der Waals surface area (Å²) in [6.07, 6.45) is 2.19. The molecular weight excluding hydrogens is 330 g/mol. The highest BCUT2D eigenvalue weighted by Crippen LogP contribution is 2.19. The van der Waals surface area contributed by atoms with E-state index in [9.17, 15) is 4.79 Å². The van der Waals surface area contributed by atoms with Crippen LogP contribution in [0.4, 0.5) is 4.79 Å². The van der Waals surface area contributed by atoms with Crippen LogP contribution in [0.5, 0.6) is 0 Å². The standard InChI is InChI=1S/C20H31N3O3/c1-25-16-19-4-2-17(3-5-19)14-21-20(24)23-8-6-18(7-9-23)15-22-10-12-26-13-11-22/h2-5,18H,6-16H2,1H3,(H,21,24). The van der Waals surface area contributed by atoms with Gasteiger partial charge >= 0.3 is 6.03 Å². The van der Waals surface area contributed by atoms with Crippen molar-refractivity contribution in [3.63, 3.8) is 0 Å². The number of benzene rings is 1. The molecule has 3 rings (SSSR count). The van der Waals surface area contributed by atoms with Gasteiger partial charge in [0.1, 0.15) is 0 Å². The number of carbonyl (C=O) groups excluding carboxylic acids is 1. The minimum absolute atomic E-state index is 0.0517. The summed E-state index contributed by atoms with van der Waals surface area (Å²) in [6, 6.07) is 8.23. The molecule has 2 amide bonds. The number of ether oxygens (including phenoxy) is 2. The molecule has 1 N–H and O–H groups in total. The van der Waals surface area contributed by atoms with Gasteiger partial charge in [0.15, 0.2) is 0 Å². The second-order valence-electron chi connectivity index (χ2n) is 7.25. The largest absolute Gasteiger partial charge is 0.380 e. The Morgan fingerprint density at radius 1 is 1.12 bits per heavy atom. The van der Waals surface area contributed by atoms with E-state index in [0.29, 0.717) is 19.1 Å². The minimum atomic E-state index is 0.0517. The fraction of sp³-hybridized carbons (Fsp3) is 0.650. The van der Waals surface area contributed by atoms with E-state index in [2.05, 4.69) is 10.2 Å². The molecule has 0 aliphatic carbocycles. The van der Waals surface area contributed by atoms with Gasteiger partial charge in [-0.2, -0.15) is 0 Å². The number of likely N-dealkylation sites (tertiary alicyclic amines) is 1. The maximum Gasteiger partial charge on any atom is 0.317 e. The van der Waals surface area contributed by atoms with Gasteiger partial charge in [0, 0.05) is 46.4 Å². The average molecular weight is 361 g/mol. The molecule has 0 aromatic heterocycles. The Labute approximate surface area is 156 Å². The zero-order valence-corrected chi connectivity index (χ0v) is 15.8. The predicted octanol–water partition coefficient (Wildman–Crippen LogP) is 2.09. The van der Waals surface area contributed by atoms with E-state index < -0.39 is 0 Å². The molecule has 2 aliphatic rings. The van der Waals surface area contributed by atoms with Crippen molar-refractivity contribution in [1.29, 1.82) is 0 Å². The van der Waals surface area contributed by atoms with Crippen molar-refractivity contribution in [2.75, 3.05) is 53.0 Å². The van der Waals surface area contributed by atoms with E-state index >= 15 is 0 Å². The smallest absolute Gasteiger partial charge is 0.317 e. The first kappa shape index (κ1) is 19.1. The number of nitrogens with zero attached hydrogens (tertiary/aromatic N) is 2. The normalized spacial score (nSPS) is 19.5. The van der Waals surface area contributed by atoms with Gasteiger partial charge in [-0.05, 0) is 29.9 Å². The zero-order chi connectivity index (χ0) is 18.2. The highest BCUT2D eigenvalue weighted by molar-refractivity contribution is 5.74. The molecule has 1 aromatic rings. The molecule has 2 heterocycles. The molecule has 0 unspecified atom stereocenters. The maximum absolute atomic E-state index is 12.4. The molecule has 2 saturated heterocycles. The van der Waals surface area contributed by atoms with E-state index in [1.54, 1.807) is 7.11 Å².